The van der Waals surface area contributed by atoms with Crippen LogP contribution in [-0.2, 0) is 4.79 Å². The topological polar surface area (TPSA) is 227 Å². The molecule has 0 aliphatic heterocycles. The number of phenols is 4. The van der Waals surface area contributed by atoms with Crippen molar-refractivity contribution >= 4 is 34.7 Å². The maximum atomic E-state index is 14.2. The fourth-order valence-electron chi connectivity index (χ4n) is 7.97. The van der Waals surface area contributed by atoms with Gasteiger partial charge >= 0.3 is 0 Å². The summed E-state index contributed by atoms with van der Waals surface area (Å²) in [5, 5.41) is 77.6. The first-order chi connectivity index (χ1) is 19.7. The number of ketones is 5. The number of aliphatic hydroxyl groups is 3. The van der Waals surface area contributed by atoms with Crippen molar-refractivity contribution in [3.05, 3.63) is 62.2 Å². The second-order valence-corrected chi connectivity index (χ2v) is 11.6. The molecule has 2 aromatic carbocycles. The Morgan fingerprint density at radius 3 is 2.14 bits per heavy atom. The zero-order valence-corrected chi connectivity index (χ0v) is 21.9. The van der Waals surface area contributed by atoms with Crippen LogP contribution < -0.4 is 0 Å². The van der Waals surface area contributed by atoms with Crippen LogP contribution in [0, 0.1) is 24.2 Å². The number of allylic oxidation sites excluding steroid dienone is 3. The number of carbonyl (C=O) groups excluding carboxylic acids is 5. The van der Waals surface area contributed by atoms with Gasteiger partial charge < -0.3 is 35.7 Å². The monoisotopic (exact) mass is 574 g/mol. The third-order valence-corrected chi connectivity index (χ3v) is 9.69. The molecule has 7 rings (SSSR count). The Labute approximate surface area is 235 Å². The Morgan fingerprint density at radius 2 is 1.48 bits per heavy atom. The second-order valence-electron chi connectivity index (χ2n) is 11.6. The first-order valence-electron chi connectivity index (χ1n) is 13.1. The number of aliphatic hydroxyl groups excluding tert-OH is 3. The molecule has 0 saturated heterocycles. The normalized spacial score (nSPS) is 30.9. The first kappa shape index (κ1) is 26.1. The minimum atomic E-state index is -2.05. The van der Waals surface area contributed by atoms with Gasteiger partial charge in [0.1, 0.15) is 28.8 Å². The second kappa shape index (κ2) is 7.72. The molecular formula is C30H22O12. The van der Waals surface area contributed by atoms with Gasteiger partial charge in [0.05, 0.1) is 56.9 Å². The summed E-state index contributed by atoms with van der Waals surface area (Å²) >= 11 is 0. The molecule has 42 heavy (non-hydrogen) atoms. The Balaban J connectivity index is 1.51. The molecule has 0 heterocycles. The van der Waals surface area contributed by atoms with Gasteiger partial charge in [-0.05, 0) is 31.6 Å². The van der Waals surface area contributed by atoms with Crippen molar-refractivity contribution < 1.29 is 59.7 Å². The van der Waals surface area contributed by atoms with Crippen molar-refractivity contribution in [2.24, 2.45) is 17.3 Å². The van der Waals surface area contributed by atoms with Crippen LogP contribution in [0.2, 0.25) is 0 Å². The van der Waals surface area contributed by atoms with Gasteiger partial charge in [0.2, 0.25) is 0 Å². The van der Waals surface area contributed by atoms with Gasteiger partial charge in [0.15, 0.2) is 28.9 Å². The molecule has 0 aromatic heterocycles. The van der Waals surface area contributed by atoms with E-state index in [1.807, 2.05) is 0 Å². The Morgan fingerprint density at radius 1 is 0.810 bits per heavy atom. The van der Waals surface area contributed by atoms with E-state index in [2.05, 4.69) is 0 Å². The highest BCUT2D eigenvalue weighted by Gasteiger charge is 2.82. The molecule has 0 amide bonds. The van der Waals surface area contributed by atoms with Gasteiger partial charge in [-0.15, -0.1) is 0 Å². The Kier molecular flexibility index (Phi) is 4.80. The third-order valence-electron chi connectivity index (χ3n) is 9.69. The lowest BCUT2D eigenvalue weighted by Crippen LogP contribution is -2.78. The smallest absolute Gasteiger partial charge is 0.193 e. The zero-order chi connectivity index (χ0) is 30.5. The molecular weight excluding hydrogens is 552 g/mol. The number of fused-ring (bicyclic) bond motifs is 3. The number of carbonyl (C=O) groups is 5. The number of aryl methyl sites for hydroxylation is 1. The number of hydrogen-bond acceptors (Lipinski definition) is 12. The standard InChI is InChI=1S/C30H22O12/c1-6-3-8(31)14-17(22(6)35)25(38)16-12(10(33)5-11(34)13(16)24(14)37)19-27(40)21-28(41)20-26(39)15-9(32)4-7(2)23(36)18(15)29(42)30(19,20)21/h3-4,10,12,19,21,27,32-33,36-40H,5H2,1-2H3/t10-,12+,19-,21-,27-,30-/m0/s1. The van der Waals surface area contributed by atoms with E-state index in [-0.39, 0.29) is 11.1 Å². The van der Waals surface area contributed by atoms with E-state index >= 15 is 0 Å². The molecule has 5 aliphatic rings. The number of Topliss-reactive ketones (excluding diaryl/α,β-unsaturated/α-hetero) is 4. The minimum Gasteiger partial charge on any atom is -0.507 e. The van der Waals surface area contributed by atoms with Crippen LogP contribution in [0.5, 0.6) is 23.0 Å². The summed E-state index contributed by atoms with van der Waals surface area (Å²) in [7, 11) is 0. The summed E-state index contributed by atoms with van der Waals surface area (Å²) in [5.74, 6) is -12.7. The molecule has 12 heteroatoms. The summed E-state index contributed by atoms with van der Waals surface area (Å²) < 4.78 is 0. The lowest BCUT2D eigenvalue weighted by molar-refractivity contribution is -0.192. The molecule has 0 unspecified atom stereocenters. The molecule has 2 aromatic rings. The van der Waals surface area contributed by atoms with E-state index < -0.39 is 138 Å². The van der Waals surface area contributed by atoms with E-state index in [4.69, 9.17) is 0 Å². The molecule has 5 aliphatic carbocycles. The van der Waals surface area contributed by atoms with Gasteiger partial charge in [-0.25, -0.2) is 0 Å². The maximum absolute atomic E-state index is 14.2. The van der Waals surface area contributed by atoms with Crippen LogP contribution >= 0.6 is 0 Å². The van der Waals surface area contributed by atoms with E-state index in [1.54, 1.807) is 0 Å². The van der Waals surface area contributed by atoms with Crippen molar-refractivity contribution in [3.63, 3.8) is 0 Å². The summed E-state index contributed by atoms with van der Waals surface area (Å²) in [6, 6.07) is 1.09. The maximum Gasteiger partial charge on any atom is 0.193 e. The number of phenolic OH excluding ortho intramolecular Hbond substituents is 4. The predicted molar refractivity (Wildman–Crippen MR) is 139 cm³/mol. The van der Waals surface area contributed by atoms with Crippen molar-refractivity contribution in [2.75, 3.05) is 0 Å². The van der Waals surface area contributed by atoms with Crippen molar-refractivity contribution in [1.29, 1.82) is 0 Å². The van der Waals surface area contributed by atoms with Gasteiger partial charge in [0.25, 0.3) is 0 Å². The highest BCUT2D eigenvalue weighted by atomic mass is 16.3. The minimum absolute atomic E-state index is 0.0697. The molecule has 0 radical (unpaired) electrons. The van der Waals surface area contributed by atoms with E-state index in [0.717, 1.165) is 12.1 Å². The van der Waals surface area contributed by atoms with Crippen LogP contribution in [0.4, 0.5) is 0 Å². The van der Waals surface area contributed by atoms with E-state index in [9.17, 15) is 59.7 Å². The number of rotatable bonds is 1. The van der Waals surface area contributed by atoms with Crippen LogP contribution in [-0.4, -0.2) is 76.9 Å². The molecule has 2 saturated carbocycles. The molecule has 7 N–H and O–H groups in total. The van der Waals surface area contributed by atoms with Crippen LogP contribution in [0.1, 0.15) is 77.4 Å². The average Bonchev–Trinajstić information content (AvgIpc) is 2.90. The Hall–Kier alpha value is -4.81. The lowest BCUT2D eigenvalue weighted by atomic mass is 9.32. The molecule has 6 atom stereocenters. The highest BCUT2D eigenvalue weighted by Crippen LogP contribution is 2.74. The van der Waals surface area contributed by atoms with E-state index in [1.165, 1.54) is 13.8 Å². The number of aromatic hydroxyl groups is 4. The quantitative estimate of drug-likeness (QED) is 0.241. The van der Waals surface area contributed by atoms with Crippen molar-refractivity contribution in [2.45, 2.75) is 38.4 Å². The van der Waals surface area contributed by atoms with Gasteiger partial charge in [-0.1, -0.05) is 0 Å². The molecule has 214 valence electrons. The predicted octanol–water partition coefficient (Wildman–Crippen LogP) is 1.52. The molecule has 2 fully saturated rings. The fourth-order valence-corrected chi connectivity index (χ4v) is 7.97. The fraction of sp³-hybridized carbons (Fsp3) is 0.300. The van der Waals surface area contributed by atoms with Gasteiger partial charge in [-0.3, -0.25) is 24.0 Å². The number of benzene rings is 2. The first-order valence-corrected chi connectivity index (χ1v) is 13.1. The van der Waals surface area contributed by atoms with Gasteiger partial charge in [-0.2, -0.15) is 0 Å². The highest BCUT2D eigenvalue weighted by molar-refractivity contribution is 6.30. The van der Waals surface area contributed by atoms with Crippen LogP contribution in [0.3, 0.4) is 0 Å². The SMILES string of the molecule is CC1=CC(=O)c2c(O)c3c(c(O)c2C1=O)[C@H]([C@H]1[C@H](O)[C@H]2C(=O)C4=C(O)c5c(O)cc(C)c(O)c5C(=O)[C@]412)[C@@H](O)CC3=O. The van der Waals surface area contributed by atoms with Crippen LogP contribution in [0.25, 0.3) is 5.76 Å². The summed E-state index contributed by atoms with van der Waals surface area (Å²) in [6.45, 7) is 2.69. The van der Waals surface area contributed by atoms with Crippen molar-refractivity contribution in [1.82, 2.24) is 0 Å². The molecule has 1 spiro atoms. The summed E-state index contributed by atoms with van der Waals surface area (Å²) in [6.07, 6.45) is -3.13. The third kappa shape index (κ3) is 2.54. The largest absolute Gasteiger partial charge is 0.507 e. The number of hydrogen-bond donors (Lipinski definition) is 7. The zero-order valence-electron chi connectivity index (χ0n) is 21.9. The molecule has 12 nitrogen and oxygen atoms in total. The van der Waals surface area contributed by atoms with Crippen molar-refractivity contribution in [3.8, 4) is 23.0 Å². The van der Waals surface area contributed by atoms with Crippen LogP contribution in [0.15, 0.2) is 23.3 Å². The van der Waals surface area contributed by atoms with E-state index in [0.29, 0.717) is 0 Å². The lowest BCUT2D eigenvalue weighted by Gasteiger charge is -2.68. The molecule has 0 bridgehead atoms. The average molecular weight is 574 g/mol. The summed E-state index contributed by atoms with van der Waals surface area (Å²) in [5.41, 5.74) is -5.81. The Bertz CT molecular complexity index is 1880. The van der Waals surface area contributed by atoms with Gasteiger partial charge in [0, 0.05) is 29.4 Å². The summed E-state index contributed by atoms with van der Waals surface area (Å²) in [4.78, 5) is 66.3.